The van der Waals surface area contributed by atoms with E-state index in [0.29, 0.717) is 33.8 Å². The maximum Gasteiger partial charge on any atom is 0.254 e. The van der Waals surface area contributed by atoms with Crippen LogP contribution >= 0.6 is 39.1 Å². The van der Waals surface area contributed by atoms with Gasteiger partial charge in [-0.3, -0.25) is 29.0 Å². The van der Waals surface area contributed by atoms with Crippen LogP contribution in [-0.4, -0.2) is 60.9 Å². The Morgan fingerprint density at radius 1 is 0.979 bits per heavy atom. The Morgan fingerprint density at radius 2 is 1.73 bits per heavy atom. The lowest BCUT2D eigenvalue weighted by Gasteiger charge is -2.50. The van der Waals surface area contributed by atoms with Crippen molar-refractivity contribution in [2.24, 2.45) is 17.8 Å². The Hall–Kier alpha value is -4.19. The van der Waals surface area contributed by atoms with Crippen LogP contribution in [0.25, 0.3) is 22.6 Å². The van der Waals surface area contributed by atoms with E-state index in [-0.39, 0.29) is 41.3 Å². The molecule has 10 nitrogen and oxygen atoms in total. The number of alkyl halides is 3. The highest BCUT2D eigenvalue weighted by atomic mass is 79.9. The number of carbonyl (C=O) groups excluding carboxylic acids is 4. The molecule has 48 heavy (non-hydrogen) atoms. The first kappa shape index (κ1) is 31.1. The molecule has 1 aromatic heterocycles. The van der Waals surface area contributed by atoms with Crippen molar-refractivity contribution in [3.05, 3.63) is 83.9 Å². The van der Waals surface area contributed by atoms with Crippen molar-refractivity contribution in [3.8, 4) is 23.0 Å². The van der Waals surface area contributed by atoms with E-state index in [2.05, 4.69) is 20.9 Å². The van der Waals surface area contributed by atoms with E-state index >= 15 is 0 Å². The average Bonchev–Trinajstić information content (AvgIpc) is 3.68. The topological polar surface area (TPSA) is 130 Å². The number of likely N-dealkylation sites (tertiary alicyclic amines) is 1. The van der Waals surface area contributed by atoms with E-state index in [9.17, 15) is 24.3 Å². The number of para-hydroxylation sites is 3. The van der Waals surface area contributed by atoms with E-state index in [4.69, 9.17) is 32.4 Å². The normalized spacial score (nSPS) is 29.6. The molecule has 8 rings (SSSR count). The molecule has 2 aliphatic carbocycles. The molecular formula is C35H26BrCl2N3O7. The van der Waals surface area contributed by atoms with Gasteiger partial charge in [0.05, 0.1) is 30.1 Å². The number of ether oxygens (including phenoxy) is 1. The third-order valence-corrected chi connectivity index (χ3v) is 12.2. The summed E-state index contributed by atoms with van der Waals surface area (Å²) in [5, 5.41) is 11.3. The SMILES string of the molecule is COc1cccc(C2C3=CCC4C(=O)N(c5ccc(-c6nc7ccccc7o6)cc5)C(=O)C4C3CC3(Cl)C(=O)N(CBr)C(=O)C23Cl)c1O. The summed E-state index contributed by atoms with van der Waals surface area (Å²) in [6.45, 7) is 0. The van der Waals surface area contributed by atoms with Crippen molar-refractivity contribution >= 4 is 79.5 Å². The summed E-state index contributed by atoms with van der Waals surface area (Å²) in [5.41, 5.74) is 3.05. The summed E-state index contributed by atoms with van der Waals surface area (Å²) in [5.74, 6) is -5.44. The molecule has 4 aromatic rings. The summed E-state index contributed by atoms with van der Waals surface area (Å²) in [4.78, 5) is 58.8. The van der Waals surface area contributed by atoms with E-state index < -0.39 is 51.1 Å². The van der Waals surface area contributed by atoms with Gasteiger partial charge < -0.3 is 14.3 Å². The van der Waals surface area contributed by atoms with Gasteiger partial charge in [-0.05, 0) is 61.2 Å². The Morgan fingerprint density at radius 3 is 2.44 bits per heavy atom. The second-order valence-electron chi connectivity index (χ2n) is 12.4. The number of amides is 4. The number of fused-ring (bicyclic) bond motifs is 5. The van der Waals surface area contributed by atoms with Crippen molar-refractivity contribution in [1.29, 1.82) is 0 Å². The lowest BCUT2D eigenvalue weighted by atomic mass is 9.56. The van der Waals surface area contributed by atoms with E-state index in [1.165, 1.54) is 12.0 Å². The Balaban J connectivity index is 1.20. The van der Waals surface area contributed by atoms with Crippen molar-refractivity contribution in [2.45, 2.75) is 28.5 Å². The Bertz CT molecular complexity index is 2070. The molecule has 4 amide bonds. The first-order valence-corrected chi connectivity index (χ1v) is 17.1. The average molecular weight is 751 g/mol. The van der Waals surface area contributed by atoms with Crippen molar-refractivity contribution in [2.75, 3.05) is 17.5 Å². The van der Waals surface area contributed by atoms with Crippen LogP contribution in [0.1, 0.15) is 24.3 Å². The van der Waals surface area contributed by atoms with Gasteiger partial charge in [0.1, 0.15) is 5.52 Å². The summed E-state index contributed by atoms with van der Waals surface area (Å²) in [7, 11) is 1.39. The fraction of sp³-hybridized carbons (Fsp3) is 0.286. The maximum atomic E-state index is 14.4. The summed E-state index contributed by atoms with van der Waals surface area (Å²) >= 11 is 17.8. The number of aromatic hydroxyl groups is 1. The maximum absolute atomic E-state index is 14.4. The van der Waals surface area contributed by atoms with Crippen LogP contribution in [-0.2, 0) is 19.2 Å². The summed E-state index contributed by atoms with van der Waals surface area (Å²) in [6.07, 6.45) is 1.84. The number of carbonyl (C=O) groups is 4. The second-order valence-corrected chi connectivity index (χ2v) is 14.2. The van der Waals surface area contributed by atoms with Gasteiger partial charge in [-0.15, -0.1) is 23.2 Å². The van der Waals surface area contributed by atoms with Gasteiger partial charge in [-0.1, -0.05) is 51.8 Å². The van der Waals surface area contributed by atoms with Crippen molar-refractivity contribution in [1.82, 2.24) is 9.88 Å². The molecule has 6 unspecified atom stereocenters. The van der Waals surface area contributed by atoms with E-state index in [0.717, 1.165) is 4.90 Å². The zero-order chi connectivity index (χ0) is 33.7. The molecular weight excluding hydrogens is 725 g/mol. The fourth-order valence-corrected chi connectivity index (χ4v) is 9.46. The largest absolute Gasteiger partial charge is 0.504 e. The third-order valence-electron chi connectivity index (χ3n) is 10.2. The van der Waals surface area contributed by atoms with Gasteiger partial charge in [0, 0.05) is 17.0 Å². The van der Waals surface area contributed by atoms with Gasteiger partial charge in [0.2, 0.25) is 17.7 Å². The number of allylic oxidation sites excluding steroid dienone is 2. The number of rotatable bonds is 5. The smallest absolute Gasteiger partial charge is 0.254 e. The molecule has 2 saturated heterocycles. The van der Waals surface area contributed by atoms with Gasteiger partial charge in [-0.2, -0.15) is 0 Å². The molecule has 2 aliphatic heterocycles. The van der Waals surface area contributed by atoms with Crippen LogP contribution < -0.4 is 9.64 Å². The molecule has 4 aliphatic rings. The number of oxazole rings is 1. The Kier molecular flexibility index (Phi) is 7.07. The lowest BCUT2D eigenvalue weighted by Crippen LogP contribution is -2.60. The van der Waals surface area contributed by atoms with Crippen LogP contribution in [0.5, 0.6) is 11.5 Å². The zero-order valence-corrected chi connectivity index (χ0v) is 28.3. The van der Waals surface area contributed by atoms with E-state index in [1.807, 2.05) is 30.3 Å². The number of nitrogens with zero attached hydrogens (tertiary/aromatic N) is 3. The molecule has 1 saturated carbocycles. The lowest BCUT2D eigenvalue weighted by molar-refractivity contribution is -0.138. The number of anilines is 1. The molecule has 3 aromatic carbocycles. The van der Waals surface area contributed by atoms with Crippen LogP contribution in [0, 0.1) is 17.8 Å². The van der Waals surface area contributed by atoms with Crippen molar-refractivity contribution in [3.63, 3.8) is 0 Å². The predicted molar refractivity (Wildman–Crippen MR) is 180 cm³/mol. The first-order chi connectivity index (χ1) is 23.0. The number of benzene rings is 3. The number of halogens is 3. The molecule has 13 heteroatoms. The van der Waals surface area contributed by atoms with Crippen LogP contribution in [0.4, 0.5) is 5.69 Å². The minimum absolute atomic E-state index is 0.137. The number of hydrogen-bond donors (Lipinski definition) is 1. The number of phenolic OH excluding ortho intramolecular Hbond substituents is 1. The molecule has 0 radical (unpaired) electrons. The number of aromatic nitrogens is 1. The highest BCUT2D eigenvalue weighted by Crippen LogP contribution is 2.66. The van der Waals surface area contributed by atoms with Crippen LogP contribution in [0.3, 0.4) is 0 Å². The zero-order valence-electron chi connectivity index (χ0n) is 25.2. The van der Waals surface area contributed by atoms with Crippen LogP contribution in [0.2, 0.25) is 0 Å². The molecule has 1 N–H and O–H groups in total. The second kappa shape index (κ2) is 10.9. The van der Waals surface area contributed by atoms with Crippen molar-refractivity contribution < 1.29 is 33.4 Å². The minimum atomic E-state index is -2.04. The number of phenols is 1. The van der Waals surface area contributed by atoms with Gasteiger partial charge in [0.25, 0.3) is 11.8 Å². The van der Waals surface area contributed by atoms with E-state index in [1.54, 1.807) is 42.5 Å². The highest BCUT2D eigenvalue weighted by molar-refractivity contribution is 9.09. The third kappa shape index (κ3) is 4.01. The standard InChI is InChI=1S/C35H26BrCl2N3O7/c1-47-25-8-4-5-21(28(25)42)27-19-13-14-20-26(22(19)15-34(37)32(45)40(16-36)33(46)35(27,34)38)31(44)41(30(20)43)18-11-9-17(10-12-18)29-39-23-6-2-3-7-24(23)48-29/h2-13,20,22,26-27,42H,14-16H2,1H3. The number of methoxy groups -OCH3 is 1. The quantitative estimate of drug-likeness (QED) is 0.112. The fourth-order valence-electron chi connectivity index (χ4n) is 8.04. The molecule has 244 valence electrons. The molecule has 3 fully saturated rings. The highest BCUT2D eigenvalue weighted by Gasteiger charge is 2.76. The first-order valence-electron chi connectivity index (χ1n) is 15.2. The van der Waals surface area contributed by atoms with Gasteiger partial charge in [0.15, 0.2) is 26.8 Å². The Labute approximate surface area is 292 Å². The predicted octanol–water partition coefficient (Wildman–Crippen LogP) is 6.12. The number of hydrogen-bond acceptors (Lipinski definition) is 8. The van der Waals surface area contributed by atoms with Crippen LogP contribution in [0.15, 0.2) is 82.8 Å². The van der Waals surface area contributed by atoms with Gasteiger partial charge >= 0.3 is 0 Å². The monoisotopic (exact) mass is 749 g/mol. The minimum Gasteiger partial charge on any atom is -0.504 e. The molecule has 3 heterocycles. The number of imide groups is 2. The molecule has 6 atom stereocenters. The van der Waals surface area contributed by atoms with Gasteiger partial charge in [-0.25, -0.2) is 4.98 Å². The molecule has 0 bridgehead atoms. The molecule has 0 spiro atoms. The summed E-state index contributed by atoms with van der Waals surface area (Å²) in [6, 6.07) is 19.0. The summed E-state index contributed by atoms with van der Waals surface area (Å²) < 4.78 is 11.2.